The minimum Gasteiger partial charge on any atom is -0.478 e. The molecule has 0 saturated heterocycles. The molecule has 0 saturated carbocycles. The summed E-state index contributed by atoms with van der Waals surface area (Å²) in [7, 11) is 0. The molecule has 17 heteroatoms. The van der Waals surface area contributed by atoms with Gasteiger partial charge in [0.2, 0.25) is 0 Å². The number of benzene rings is 7. The first-order valence-electron chi connectivity index (χ1n) is 18.4. The lowest BCUT2D eigenvalue weighted by molar-refractivity contribution is 0.0678. The van der Waals surface area contributed by atoms with Crippen molar-refractivity contribution in [2.45, 2.75) is 0 Å². The SMILES string of the molecule is O=C(O)c1ccc(-c2ccc(C(=O)O)cc2)cc1.O=C(O)c1ccc(Oc2ccc(C(=O)O)cc2)cc1.O=C(O)c1ccc2cc(C(=O)O)ccc2c1.O=C(O)c1cccc(C(=O)O)c1. The summed E-state index contributed by atoms with van der Waals surface area (Å²) in [5, 5.41) is 71.1. The van der Waals surface area contributed by atoms with Crippen LogP contribution in [-0.2, 0) is 0 Å². The topological polar surface area (TPSA) is 308 Å². The zero-order valence-electron chi connectivity index (χ0n) is 33.3. The Morgan fingerprint density at radius 3 is 0.754 bits per heavy atom. The molecule has 0 fully saturated rings. The lowest BCUT2D eigenvalue weighted by Gasteiger charge is -2.06. The van der Waals surface area contributed by atoms with E-state index in [1.807, 2.05) is 0 Å². The summed E-state index contributed by atoms with van der Waals surface area (Å²) in [6.07, 6.45) is 0. The second-order valence-electron chi connectivity index (χ2n) is 13.1. The fourth-order valence-electron chi connectivity index (χ4n) is 5.37. The van der Waals surface area contributed by atoms with E-state index in [1.54, 1.807) is 36.4 Å². The molecule has 8 N–H and O–H groups in total. The van der Waals surface area contributed by atoms with E-state index in [-0.39, 0.29) is 44.5 Å². The number of rotatable bonds is 11. The third-order valence-electron chi connectivity index (χ3n) is 8.73. The highest BCUT2D eigenvalue weighted by atomic mass is 16.5. The number of fused-ring (bicyclic) bond motifs is 1. The Morgan fingerprint density at radius 1 is 0.262 bits per heavy atom. The third-order valence-corrected chi connectivity index (χ3v) is 8.73. The van der Waals surface area contributed by atoms with Gasteiger partial charge in [-0.3, -0.25) is 0 Å². The third kappa shape index (κ3) is 14.2. The van der Waals surface area contributed by atoms with Crippen LogP contribution in [0.25, 0.3) is 21.9 Å². The van der Waals surface area contributed by atoms with Crippen LogP contribution in [0.3, 0.4) is 0 Å². The second-order valence-corrected chi connectivity index (χ2v) is 13.1. The molecule has 0 aliphatic heterocycles. The van der Waals surface area contributed by atoms with Crippen molar-refractivity contribution in [3.8, 4) is 22.6 Å². The number of hydrogen-bond donors (Lipinski definition) is 8. The summed E-state index contributed by atoms with van der Waals surface area (Å²) < 4.78 is 5.46. The quantitative estimate of drug-likeness (QED) is 0.0601. The maximum atomic E-state index is 10.7. The van der Waals surface area contributed by atoms with Gasteiger partial charge in [-0.05, 0) is 137 Å². The average Bonchev–Trinajstić information content (AvgIpc) is 3.29. The Hall–Kier alpha value is -9.64. The molecule has 0 heterocycles. The lowest BCUT2D eigenvalue weighted by atomic mass is 10.0. The van der Waals surface area contributed by atoms with Crippen molar-refractivity contribution in [1.82, 2.24) is 0 Å². The second kappa shape index (κ2) is 22.3. The van der Waals surface area contributed by atoms with Crippen molar-refractivity contribution in [1.29, 1.82) is 0 Å². The van der Waals surface area contributed by atoms with Gasteiger partial charge in [-0.15, -0.1) is 0 Å². The molecule has 7 aromatic carbocycles. The Labute approximate surface area is 366 Å². The van der Waals surface area contributed by atoms with E-state index in [9.17, 15) is 38.4 Å². The van der Waals surface area contributed by atoms with Gasteiger partial charge in [-0.25, -0.2) is 38.4 Å². The Kier molecular flexibility index (Phi) is 16.5. The maximum absolute atomic E-state index is 10.7. The zero-order chi connectivity index (χ0) is 47.8. The number of aromatic carboxylic acids is 8. The first-order chi connectivity index (χ1) is 30.8. The van der Waals surface area contributed by atoms with E-state index >= 15 is 0 Å². The predicted octanol–water partition coefficient (Wildman–Crippen LogP) is 8.94. The molecular formula is C48H34O17. The largest absolute Gasteiger partial charge is 0.478 e. The van der Waals surface area contributed by atoms with Crippen LogP contribution in [0.15, 0.2) is 158 Å². The van der Waals surface area contributed by atoms with Crippen LogP contribution in [0.2, 0.25) is 0 Å². The number of carbonyl (C=O) groups is 8. The van der Waals surface area contributed by atoms with E-state index in [0.717, 1.165) is 17.2 Å². The maximum Gasteiger partial charge on any atom is 0.335 e. The van der Waals surface area contributed by atoms with Crippen molar-refractivity contribution >= 4 is 58.5 Å². The minimum absolute atomic E-state index is 0.0186. The number of hydrogen-bond acceptors (Lipinski definition) is 9. The van der Waals surface area contributed by atoms with E-state index in [4.69, 9.17) is 45.6 Å². The highest BCUT2D eigenvalue weighted by Crippen LogP contribution is 2.23. The first kappa shape index (κ1) is 48.0. The fraction of sp³-hybridized carbons (Fsp3) is 0. The fourth-order valence-corrected chi connectivity index (χ4v) is 5.37. The van der Waals surface area contributed by atoms with Crippen LogP contribution in [0.5, 0.6) is 11.5 Å². The molecule has 328 valence electrons. The van der Waals surface area contributed by atoms with Gasteiger partial charge in [0.05, 0.1) is 44.5 Å². The molecule has 0 unspecified atom stereocenters. The summed E-state index contributed by atoms with van der Waals surface area (Å²) in [4.78, 5) is 85.0. The van der Waals surface area contributed by atoms with Gasteiger partial charge in [0.1, 0.15) is 11.5 Å². The van der Waals surface area contributed by atoms with Crippen LogP contribution in [-0.4, -0.2) is 88.6 Å². The van der Waals surface area contributed by atoms with Crippen molar-refractivity contribution in [3.63, 3.8) is 0 Å². The van der Waals surface area contributed by atoms with Crippen molar-refractivity contribution in [2.24, 2.45) is 0 Å². The standard InChI is InChI=1S/C14H10O5.C14H10O4.C12H8O4.C8H6O4/c15-13(16)9-1-5-11(6-2-9)19-12-7-3-10(4-8-12)14(17)18;15-13(16)11-5-1-9(2-6-11)10-3-7-12(8-4-10)14(17)18;13-11(14)9-3-1-7-5-10(12(15)16)4-2-8(7)6-9;9-7(10)5-2-1-3-6(4-5)8(11)12/h1-8H,(H,15,16)(H,17,18);1-8H,(H,15,16)(H,17,18);1-6H,(H,13,14)(H,15,16);1-4H,(H,9,10)(H,11,12). The van der Waals surface area contributed by atoms with Gasteiger partial charge in [0.15, 0.2) is 0 Å². The monoisotopic (exact) mass is 882 g/mol. The number of ether oxygens (including phenoxy) is 1. The number of carboxylic acids is 8. The molecule has 0 radical (unpaired) electrons. The summed E-state index contributed by atoms with van der Waals surface area (Å²) in [6, 6.07) is 39.1. The van der Waals surface area contributed by atoms with Crippen molar-refractivity contribution < 1.29 is 83.9 Å². The van der Waals surface area contributed by atoms with Gasteiger partial charge in [-0.2, -0.15) is 0 Å². The summed E-state index contributed by atoms with van der Waals surface area (Å²) >= 11 is 0. The molecule has 0 amide bonds. The summed E-state index contributed by atoms with van der Waals surface area (Å²) in [6.45, 7) is 0. The van der Waals surface area contributed by atoms with Gasteiger partial charge < -0.3 is 45.6 Å². The molecule has 0 aliphatic rings. The Balaban J connectivity index is 0.000000192. The molecule has 17 nitrogen and oxygen atoms in total. The Bertz CT molecular complexity index is 2690. The molecule has 0 aromatic heterocycles. The normalized spacial score (nSPS) is 9.91. The molecule has 0 atom stereocenters. The Morgan fingerprint density at radius 2 is 0.492 bits per heavy atom. The van der Waals surface area contributed by atoms with Crippen LogP contribution in [0, 0.1) is 0 Å². The molecule has 7 rings (SSSR count). The molecule has 0 aliphatic carbocycles. The van der Waals surface area contributed by atoms with E-state index in [0.29, 0.717) is 22.3 Å². The summed E-state index contributed by atoms with van der Waals surface area (Å²) in [5.74, 6) is -7.23. The molecular weight excluding hydrogens is 849 g/mol. The van der Waals surface area contributed by atoms with Crippen molar-refractivity contribution in [3.05, 3.63) is 202 Å². The lowest BCUT2D eigenvalue weighted by Crippen LogP contribution is -2.01. The van der Waals surface area contributed by atoms with E-state index in [2.05, 4.69) is 0 Å². The highest BCUT2D eigenvalue weighted by molar-refractivity contribution is 5.98. The van der Waals surface area contributed by atoms with Gasteiger partial charge in [0, 0.05) is 0 Å². The molecule has 7 aromatic rings. The van der Waals surface area contributed by atoms with Crippen LogP contribution < -0.4 is 4.74 Å². The first-order valence-corrected chi connectivity index (χ1v) is 18.4. The molecule has 0 spiro atoms. The zero-order valence-corrected chi connectivity index (χ0v) is 33.3. The predicted molar refractivity (Wildman–Crippen MR) is 231 cm³/mol. The smallest absolute Gasteiger partial charge is 0.335 e. The van der Waals surface area contributed by atoms with E-state index < -0.39 is 47.8 Å². The van der Waals surface area contributed by atoms with E-state index in [1.165, 1.54) is 115 Å². The molecule has 0 bridgehead atoms. The van der Waals surface area contributed by atoms with Crippen LogP contribution in [0.1, 0.15) is 82.9 Å². The minimum atomic E-state index is -1.13. The number of carboxylic acid groups (broad SMARTS) is 8. The van der Waals surface area contributed by atoms with Crippen LogP contribution in [0.4, 0.5) is 0 Å². The molecule has 65 heavy (non-hydrogen) atoms. The van der Waals surface area contributed by atoms with Gasteiger partial charge >= 0.3 is 47.8 Å². The van der Waals surface area contributed by atoms with Crippen LogP contribution >= 0.6 is 0 Å². The average molecular weight is 883 g/mol. The van der Waals surface area contributed by atoms with Crippen molar-refractivity contribution in [2.75, 3.05) is 0 Å². The summed E-state index contributed by atoms with van der Waals surface area (Å²) in [5.41, 5.74) is 2.83. The highest BCUT2D eigenvalue weighted by Gasteiger charge is 2.10. The van der Waals surface area contributed by atoms with Gasteiger partial charge in [-0.1, -0.05) is 42.5 Å². The van der Waals surface area contributed by atoms with Gasteiger partial charge in [0.25, 0.3) is 0 Å².